The van der Waals surface area contributed by atoms with E-state index in [1.165, 1.54) is 0 Å². The largest absolute Gasteiger partial charge is 0.328 e. The molecule has 0 spiro atoms. The molecule has 0 bridgehead atoms. The van der Waals surface area contributed by atoms with E-state index in [0.29, 0.717) is 12.6 Å². The average Bonchev–Trinajstić information content (AvgIpc) is 2.96. The van der Waals surface area contributed by atoms with Crippen molar-refractivity contribution in [3.63, 3.8) is 0 Å². The average molecular weight is 207 g/mol. The van der Waals surface area contributed by atoms with Gasteiger partial charge in [0.15, 0.2) is 0 Å². The van der Waals surface area contributed by atoms with Crippen molar-refractivity contribution in [3.8, 4) is 0 Å². The zero-order valence-corrected chi connectivity index (χ0v) is 9.07. The van der Waals surface area contributed by atoms with Crippen molar-refractivity contribution in [1.29, 1.82) is 0 Å². The maximum absolute atomic E-state index is 11.9. The summed E-state index contributed by atoms with van der Waals surface area (Å²) >= 11 is 0. The van der Waals surface area contributed by atoms with Crippen molar-refractivity contribution in [2.24, 2.45) is 0 Å². The van der Waals surface area contributed by atoms with Gasteiger partial charge < -0.3 is 5.32 Å². The van der Waals surface area contributed by atoms with Gasteiger partial charge in [-0.1, -0.05) is 6.58 Å². The Balaban J connectivity index is 2.08. The van der Waals surface area contributed by atoms with Gasteiger partial charge in [0.1, 0.15) is 0 Å². The maximum atomic E-state index is 11.9. The lowest BCUT2D eigenvalue weighted by Gasteiger charge is -2.04. The van der Waals surface area contributed by atoms with Crippen molar-refractivity contribution in [3.05, 3.63) is 35.0 Å². The van der Waals surface area contributed by atoms with E-state index < -0.39 is 0 Å². The fourth-order valence-electron chi connectivity index (χ4n) is 1.73. The molecule has 1 N–H and O–H groups in total. The molecule has 1 aliphatic rings. The molecule has 2 rings (SSSR count). The first-order valence-corrected chi connectivity index (χ1v) is 5.31. The molecule has 0 aliphatic heterocycles. The van der Waals surface area contributed by atoms with Crippen LogP contribution in [-0.4, -0.2) is 22.7 Å². The van der Waals surface area contributed by atoms with Crippen LogP contribution in [0.3, 0.4) is 0 Å². The third-order valence-corrected chi connectivity index (χ3v) is 2.63. The Morgan fingerprint density at radius 3 is 2.93 bits per heavy atom. The van der Waals surface area contributed by atoms with Crippen LogP contribution in [0.1, 0.15) is 18.9 Å². The van der Waals surface area contributed by atoms with Gasteiger partial charge in [0.2, 0.25) is 0 Å². The van der Waals surface area contributed by atoms with E-state index >= 15 is 0 Å². The van der Waals surface area contributed by atoms with Crippen molar-refractivity contribution >= 4 is 0 Å². The second kappa shape index (κ2) is 4.06. The van der Waals surface area contributed by atoms with Crippen LogP contribution in [0.5, 0.6) is 0 Å². The van der Waals surface area contributed by atoms with Gasteiger partial charge in [0, 0.05) is 31.5 Å². The van der Waals surface area contributed by atoms with Crippen LogP contribution in [0.25, 0.3) is 0 Å². The van der Waals surface area contributed by atoms with Crippen molar-refractivity contribution in [2.45, 2.75) is 25.4 Å². The zero-order chi connectivity index (χ0) is 10.8. The summed E-state index contributed by atoms with van der Waals surface area (Å²) < 4.78 is 3.55. The maximum Gasteiger partial charge on any atom is 0.328 e. The Labute approximate surface area is 89.2 Å². The summed E-state index contributed by atoms with van der Waals surface area (Å²) in [4.78, 5) is 11.9. The van der Waals surface area contributed by atoms with Gasteiger partial charge in [-0.25, -0.2) is 4.79 Å². The Hall–Kier alpha value is -1.29. The fraction of sp³-hybridized carbons (Fsp3) is 0.545. The van der Waals surface area contributed by atoms with Gasteiger partial charge in [0.05, 0.1) is 0 Å². The highest BCUT2D eigenvalue weighted by Gasteiger charge is 2.25. The SMILES string of the molecule is C=C(CNC)Cn1ccn(C2CC2)c1=O. The van der Waals surface area contributed by atoms with E-state index in [4.69, 9.17) is 0 Å². The number of hydrogen-bond donors (Lipinski definition) is 1. The van der Waals surface area contributed by atoms with Crippen molar-refractivity contribution in [2.75, 3.05) is 13.6 Å². The first-order chi connectivity index (χ1) is 7.22. The number of aromatic nitrogens is 2. The molecule has 1 aromatic heterocycles. The molecule has 4 nitrogen and oxygen atoms in total. The molecule has 82 valence electrons. The molecule has 0 amide bonds. The molecular weight excluding hydrogens is 190 g/mol. The van der Waals surface area contributed by atoms with Crippen LogP contribution in [-0.2, 0) is 6.54 Å². The lowest BCUT2D eigenvalue weighted by Crippen LogP contribution is -2.25. The zero-order valence-electron chi connectivity index (χ0n) is 9.07. The lowest BCUT2D eigenvalue weighted by molar-refractivity contribution is 0.644. The number of nitrogens with one attached hydrogen (secondary N) is 1. The van der Waals surface area contributed by atoms with Crippen LogP contribution in [0, 0.1) is 0 Å². The molecule has 0 radical (unpaired) electrons. The lowest BCUT2D eigenvalue weighted by atomic mass is 10.3. The summed E-state index contributed by atoms with van der Waals surface area (Å²) in [6.45, 7) is 5.28. The van der Waals surface area contributed by atoms with E-state index in [2.05, 4.69) is 11.9 Å². The van der Waals surface area contributed by atoms with E-state index in [1.807, 2.05) is 24.0 Å². The molecule has 1 heterocycles. The summed E-state index contributed by atoms with van der Waals surface area (Å²) in [6.07, 6.45) is 6.01. The van der Waals surface area contributed by atoms with Gasteiger partial charge in [-0.15, -0.1) is 0 Å². The standard InChI is InChI=1S/C11H17N3O/c1-9(7-12-2)8-13-5-6-14(11(13)15)10-3-4-10/h5-6,10,12H,1,3-4,7-8H2,2H3. The van der Waals surface area contributed by atoms with Crippen LogP contribution in [0.4, 0.5) is 0 Å². The third-order valence-electron chi connectivity index (χ3n) is 2.63. The highest BCUT2D eigenvalue weighted by molar-refractivity contribution is 5.00. The quantitative estimate of drug-likeness (QED) is 0.724. The van der Waals surface area contributed by atoms with Gasteiger partial charge in [-0.3, -0.25) is 9.13 Å². The minimum absolute atomic E-state index is 0.0924. The Kier molecular flexibility index (Phi) is 2.77. The smallest absolute Gasteiger partial charge is 0.316 e. The first kappa shape index (κ1) is 10.2. The summed E-state index contributed by atoms with van der Waals surface area (Å²) in [6, 6.07) is 0.455. The van der Waals surface area contributed by atoms with E-state index in [9.17, 15) is 4.79 Å². The first-order valence-electron chi connectivity index (χ1n) is 5.31. The molecule has 15 heavy (non-hydrogen) atoms. The molecule has 0 saturated heterocycles. The van der Waals surface area contributed by atoms with Crippen LogP contribution in [0.2, 0.25) is 0 Å². The molecule has 1 saturated carbocycles. The minimum atomic E-state index is 0.0924. The van der Waals surface area contributed by atoms with Crippen LogP contribution < -0.4 is 11.0 Å². The van der Waals surface area contributed by atoms with E-state index in [1.54, 1.807) is 4.57 Å². The Bertz CT molecular complexity index is 412. The molecule has 0 atom stereocenters. The number of likely N-dealkylation sites (N-methyl/N-ethyl adjacent to an activating group) is 1. The molecule has 0 unspecified atom stereocenters. The number of rotatable bonds is 5. The normalized spacial score (nSPS) is 15.5. The topological polar surface area (TPSA) is 39.0 Å². The molecule has 4 heteroatoms. The van der Waals surface area contributed by atoms with E-state index in [-0.39, 0.29) is 5.69 Å². The number of imidazole rings is 1. The minimum Gasteiger partial charge on any atom is -0.316 e. The molecule has 1 fully saturated rings. The molecular formula is C11H17N3O. The Morgan fingerprint density at radius 2 is 2.33 bits per heavy atom. The summed E-state index contributed by atoms with van der Waals surface area (Å²) in [7, 11) is 1.88. The summed E-state index contributed by atoms with van der Waals surface area (Å²) in [5.41, 5.74) is 1.11. The highest BCUT2D eigenvalue weighted by atomic mass is 16.1. The van der Waals surface area contributed by atoms with Gasteiger partial charge >= 0.3 is 5.69 Å². The third kappa shape index (κ3) is 2.21. The monoisotopic (exact) mass is 207 g/mol. The fourth-order valence-corrected chi connectivity index (χ4v) is 1.73. The molecule has 1 aliphatic carbocycles. The van der Waals surface area contributed by atoms with Crippen LogP contribution >= 0.6 is 0 Å². The number of nitrogens with zero attached hydrogens (tertiary/aromatic N) is 2. The van der Waals surface area contributed by atoms with Crippen molar-refractivity contribution in [1.82, 2.24) is 14.5 Å². The van der Waals surface area contributed by atoms with Crippen molar-refractivity contribution < 1.29 is 0 Å². The predicted octanol–water partition coefficient (Wildman–Crippen LogP) is 0.760. The van der Waals surface area contributed by atoms with Gasteiger partial charge in [-0.2, -0.15) is 0 Å². The number of hydrogen-bond acceptors (Lipinski definition) is 2. The summed E-state index contributed by atoms with van der Waals surface area (Å²) in [5, 5.41) is 3.03. The summed E-state index contributed by atoms with van der Waals surface area (Å²) in [5.74, 6) is 0. The van der Waals surface area contributed by atoms with Crippen LogP contribution in [0.15, 0.2) is 29.3 Å². The van der Waals surface area contributed by atoms with Gasteiger partial charge in [0.25, 0.3) is 0 Å². The van der Waals surface area contributed by atoms with Gasteiger partial charge in [-0.05, 0) is 25.5 Å². The second-order valence-electron chi connectivity index (χ2n) is 4.13. The molecule has 0 aromatic carbocycles. The molecule has 1 aromatic rings. The van der Waals surface area contributed by atoms with E-state index in [0.717, 1.165) is 25.0 Å². The second-order valence-corrected chi connectivity index (χ2v) is 4.13. The predicted molar refractivity (Wildman–Crippen MR) is 60.0 cm³/mol. The Morgan fingerprint density at radius 1 is 1.60 bits per heavy atom. The highest BCUT2D eigenvalue weighted by Crippen LogP contribution is 2.33.